The van der Waals surface area contributed by atoms with Crippen molar-refractivity contribution < 1.29 is 14.4 Å². The van der Waals surface area contributed by atoms with Crippen LogP contribution >= 0.6 is 13.5 Å². The van der Waals surface area contributed by atoms with Crippen molar-refractivity contribution in [3.05, 3.63) is 107 Å². The molecule has 174 valence electrons. The van der Waals surface area contributed by atoms with Crippen molar-refractivity contribution in [3.8, 4) is 11.1 Å². The smallest absolute Gasteiger partial charge is 0.239 e. The van der Waals surface area contributed by atoms with Gasteiger partial charge in [0.15, 0.2) is 0 Å². The van der Waals surface area contributed by atoms with Crippen LogP contribution in [0.25, 0.3) is 11.1 Å². The van der Waals surface area contributed by atoms with Gasteiger partial charge in [0, 0.05) is 23.8 Å². The fourth-order valence-corrected chi connectivity index (χ4v) is 5.12. The first kappa shape index (κ1) is 23.8. The summed E-state index contributed by atoms with van der Waals surface area (Å²) in [5, 5.41) is 17.6. The van der Waals surface area contributed by atoms with E-state index >= 15 is 0 Å². The Bertz CT molecular complexity index is 1280. The summed E-state index contributed by atoms with van der Waals surface area (Å²) < 4.78 is 5.40. The Labute approximate surface area is 206 Å². The van der Waals surface area contributed by atoms with Crippen LogP contribution < -0.4 is 5.32 Å². The number of anilines is 1. The second-order valence-corrected chi connectivity index (χ2v) is 8.68. The molecule has 1 aliphatic heterocycles. The van der Waals surface area contributed by atoms with E-state index in [0.717, 1.165) is 45.0 Å². The van der Waals surface area contributed by atoms with Crippen LogP contribution in [0.3, 0.4) is 0 Å². The van der Waals surface area contributed by atoms with E-state index in [1.165, 1.54) is 0 Å². The molecule has 5 nitrogen and oxygen atoms in total. The Balaban J connectivity index is 0.00000274. The number of hydrogen-bond acceptors (Lipinski definition) is 4. The van der Waals surface area contributed by atoms with Crippen LogP contribution in [0.1, 0.15) is 40.5 Å². The van der Waals surface area contributed by atoms with Crippen LogP contribution in [0.2, 0.25) is 0 Å². The summed E-state index contributed by atoms with van der Waals surface area (Å²) in [5.74, 6) is 0.465. The number of carbonyl (C=O) groups is 1. The standard InChI is InChI=1S/C28H26N2O3.H2S/c1-18-26(19(2)33-30-18)21-13-14-25-24(15-21)28(27(32)29-25,23-11-7-4-8-12-23)16-22(17-31)20-9-5-3-6-10-20;/h3-15,22,31H,16-17H2,1-2H3,(H,29,32);1H2/t22-,28?;/m1./s1. The van der Waals surface area contributed by atoms with Crippen molar-refractivity contribution in [1.82, 2.24) is 5.16 Å². The topological polar surface area (TPSA) is 75.4 Å². The van der Waals surface area contributed by atoms with E-state index in [9.17, 15) is 9.90 Å². The third kappa shape index (κ3) is 3.83. The van der Waals surface area contributed by atoms with Gasteiger partial charge < -0.3 is 14.9 Å². The number of nitrogens with zero attached hydrogens (tertiary/aromatic N) is 1. The molecule has 1 aromatic heterocycles. The summed E-state index contributed by atoms with van der Waals surface area (Å²) in [6.07, 6.45) is 0.446. The summed E-state index contributed by atoms with van der Waals surface area (Å²) in [4.78, 5) is 13.7. The zero-order valence-corrected chi connectivity index (χ0v) is 20.2. The van der Waals surface area contributed by atoms with Crippen molar-refractivity contribution in [2.45, 2.75) is 31.6 Å². The van der Waals surface area contributed by atoms with E-state index in [0.29, 0.717) is 6.42 Å². The number of aryl methyl sites for hydroxylation is 2. The molecule has 6 heteroatoms. The lowest BCUT2D eigenvalue weighted by Crippen LogP contribution is -2.38. The average molecular weight is 473 g/mol. The van der Waals surface area contributed by atoms with Gasteiger partial charge in [-0.25, -0.2) is 0 Å². The van der Waals surface area contributed by atoms with Crippen LogP contribution in [0, 0.1) is 13.8 Å². The molecule has 0 fully saturated rings. The van der Waals surface area contributed by atoms with Crippen molar-refractivity contribution in [3.63, 3.8) is 0 Å². The first-order valence-corrected chi connectivity index (χ1v) is 11.1. The second-order valence-electron chi connectivity index (χ2n) is 8.68. The normalized spacial score (nSPS) is 17.6. The molecule has 1 aliphatic rings. The lowest BCUT2D eigenvalue weighted by Gasteiger charge is -2.32. The number of aliphatic hydroxyl groups is 1. The molecule has 0 saturated heterocycles. The Kier molecular flexibility index (Phi) is 6.64. The lowest BCUT2D eigenvalue weighted by molar-refractivity contribution is -0.119. The first-order valence-electron chi connectivity index (χ1n) is 11.1. The van der Waals surface area contributed by atoms with Crippen LogP contribution in [0.15, 0.2) is 83.4 Å². The molecule has 2 N–H and O–H groups in total. The van der Waals surface area contributed by atoms with Crippen LogP contribution in [-0.4, -0.2) is 22.8 Å². The zero-order valence-electron chi connectivity index (χ0n) is 19.2. The zero-order chi connectivity index (χ0) is 23.0. The monoisotopic (exact) mass is 472 g/mol. The SMILES string of the molecule is Cc1noc(C)c1-c1ccc2c(c1)C(C[C@H](CO)c1ccccc1)(c1ccccc1)C(=O)N2.S. The Morgan fingerprint density at radius 1 is 1.00 bits per heavy atom. The molecule has 1 unspecified atom stereocenters. The molecular weight excluding hydrogens is 444 g/mol. The number of aliphatic hydroxyl groups excluding tert-OH is 1. The summed E-state index contributed by atoms with van der Waals surface area (Å²) in [5.41, 5.74) is 5.41. The number of hydrogen-bond donors (Lipinski definition) is 2. The van der Waals surface area contributed by atoms with Crippen LogP contribution in [0.5, 0.6) is 0 Å². The molecule has 0 aliphatic carbocycles. The predicted octanol–water partition coefficient (Wildman–Crippen LogP) is 5.48. The molecule has 2 heterocycles. The van der Waals surface area contributed by atoms with Gasteiger partial charge in [-0.1, -0.05) is 71.9 Å². The van der Waals surface area contributed by atoms with Crippen molar-refractivity contribution in [1.29, 1.82) is 0 Å². The Morgan fingerprint density at radius 2 is 1.68 bits per heavy atom. The molecule has 2 atom stereocenters. The third-order valence-electron chi connectivity index (χ3n) is 6.75. The molecule has 0 bridgehead atoms. The fraction of sp³-hybridized carbons (Fsp3) is 0.214. The molecule has 0 spiro atoms. The van der Waals surface area contributed by atoms with E-state index < -0.39 is 5.41 Å². The van der Waals surface area contributed by atoms with E-state index in [-0.39, 0.29) is 31.9 Å². The quantitative estimate of drug-likeness (QED) is 0.390. The minimum Gasteiger partial charge on any atom is -0.396 e. The lowest BCUT2D eigenvalue weighted by atomic mass is 9.68. The average Bonchev–Trinajstić information content (AvgIpc) is 3.33. The van der Waals surface area contributed by atoms with Crippen LogP contribution in [-0.2, 0) is 10.2 Å². The number of nitrogens with one attached hydrogen (secondary N) is 1. The van der Waals surface area contributed by atoms with Gasteiger partial charge in [0.2, 0.25) is 5.91 Å². The molecule has 0 saturated carbocycles. The van der Waals surface area contributed by atoms with Gasteiger partial charge in [-0.05, 0) is 54.7 Å². The Morgan fingerprint density at radius 3 is 2.29 bits per heavy atom. The van der Waals surface area contributed by atoms with Gasteiger partial charge in [-0.2, -0.15) is 13.5 Å². The Hall–Kier alpha value is -3.35. The summed E-state index contributed by atoms with van der Waals surface area (Å²) in [6, 6.07) is 25.8. The number of carbonyl (C=O) groups excluding carboxylic acids is 1. The number of rotatable bonds is 6. The number of benzene rings is 3. The number of amides is 1. The molecule has 0 radical (unpaired) electrons. The second kappa shape index (κ2) is 9.49. The van der Waals surface area contributed by atoms with Gasteiger partial charge in [0.05, 0.1) is 5.69 Å². The highest BCUT2D eigenvalue weighted by atomic mass is 32.1. The molecule has 5 rings (SSSR count). The van der Waals surface area contributed by atoms with Crippen molar-refractivity contribution >= 4 is 25.1 Å². The van der Waals surface area contributed by atoms with E-state index in [1.807, 2.05) is 86.6 Å². The number of fused-ring (bicyclic) bond motifs is 1. The van der Waals surface area contributed by atoms with Gasteiger partial charge in [-0.15, -0.1) is 0 Å². The van der Waals surface area contributed by atoms with Gasteiger partial charge >= 0.3 is 0 Å². The van der Waals surface area contributed by atoms with Crippen LogP contribution in [0.4, 0.5) is 5.69 Å². The largest absolute Gasteiger partial charge is 0.396 e. The van der Waals surface area contributed by atoms with E-state index in [2.05, 4.69) is 16.5 Å². The molecule has 3 aromatic carbocycles. The number of aromatic nitrogens is 1. The van der Waals surface area contributed by atoms with Crippen molar-refractivity contribution in [2.75, 3.05) is 11.9 Å². The summed E-state index contributed by atoms with van der Waals surface area (Å²) in [7, 11) is 0. The highest BCUT2D eigenvalue weighted by Gasteiger charge is 2.49. The van der Waals surface area contributed by atoms with Gasteiger partial charge in [0.1, 0.15) is 11.2 Å². The fourth-order valence-electron chi connectivity index (χ4n) is 5.12. The third-order valence-corrected chi connectivity index (χ3v) is 6.75. The molecular formula is C28H28N2O3S. The summed E-state index contributed by atoms with van der Waals surface area (Å²) >= 11 is 0. The minimum atomic E-state index is -0.936. The molecule has 1 amide bonds. The van der Waals surface area contributed by atoms with Crippen molar-refractivity contribution in [2.24, 2.45) is 0 Å². The highest BCUT2D eigenvalue weighted by molar-refractivity contribution is 7.59. The highest BCUT2D eigenvalue weighted by Crippen LogP contribution is 2.49. The van der Waals surface area contributed by atoms with Gasteiger partial charge in [0.25, 0.3) is 0 Å². The molecule has 4 aromatic rings. The predicted molar refractivity (Wildman–Crippen MR) is 139 cm³/mol. The maximum atomic E-state index is 13.7. The van der Waals surface area contributed by atoms with Gasteiger partial charge in [-0.3, -0.25) is 4.79 Å². The maximum Gasteiger partial charge on any atom is 0.239 e. The first-order chi connectivity index (χ1) is 16.0. The molecule has 34 heavy (non-hydrogen) atoms. The maximum absolute atomic E-state index is 13.7. The summed E-state index contributed by atoms with van der Waals surface area (Å²) in [6.45, 7) is 3.77. The van der Waals surface area contributed by atoms with E-state index in [4.69, 9.17) is 4.52 Å². The van der Waals surface area contributed by atoms with E-state index in [1.54, 1.807) is 0 Å². The minimum absolute atomic E-state index is 0.